The largest absolute Gasteiger partial charge is 0.461 e. The fourth-order valence-corrected chi connectivity index (χ4v) is 2.73. The number of carbonyl (C=O) groups is 1. The molecule has 4 nitrogen and oxygen atoms in total. The lowest BCUT2D eigenvalue weighted by molar-refractivity contribution is -0.145. The van der Waals surface area contributed by atoms with Crippen molar-refractivity contribution in [3.05, 3.63) is 35.9 Å². The number of esters is 1. The van der Waals surface area contributed by atoms with Crippen LogP contribution < -0.4 is 0 Å². The molecule has 0 bridgehead atoms. The van der Waals surface area contributed by atoms with Crippen molar-refractivity contribution in [1.82, 2.24) is 0 Å². The number of hydrogen-bond acceptors (Lipinski definition) is 6. The summed E-state index contributed by atoms with van der Waals surface area (Å²) < 4.78 is 8.93. The number of hydrogen-bond donors (Lipinski definition) is 0. The maximum absolute atomic E-state index is 12.0. The third-order valence-electron chi connectivity index (χ3n) is 2.43. The number of nitriles is 1. The van der Waals surface area contributed by atoms with Crippen molar-refractivity contribution in [2.45, 2.75) is 11.7 Å². The summed E-state index contributed by atoms with van der Waals surface area (Å²) in [4.78, 5) is 12.0. The monoisotopic (exact) mass is 309 g/mol. The number of ether oxygens (including phenoxy) is 2. The Kier molecular flexibility index (Phi) is 6.65. The zero-order valence-corrected chi connectivity index (χ0v) is 12.9. The first-order valence-corrected chi connectivity index (χ1v) is 7.12. The van der Waals surface area contributed by atoms with E-state index < -0.39 is 10.7 Å². The SMILES string of the molecule is COCCOC(=O)C(C)(C#N)SC(=S)c1ccccc1. The molecule has 1 unspecified atom stereocenters. The van der Waals surface area contributed by atoms with Crippen LogP contribution in [0.3, 0.4) is 0 Å². The molecule has 0 radical (unpaired) electrons. The molecule has 1 aromatic carbocycles. The molecule has 1 atom stereocenters. The number of carbonyl (C=O) groups excluding carboxylic acids is 1. The lowest BCUT2D eigenvalue weighted by Gasteiger charge is -2.19. The third kappa shape index (κ3) is 4.60. The Hall–Kier alpha value is -1.42. The van der Waals surface area contributed by atoms with Gasteiger partial charge in [-0.3, -0.25) is 0 Å². The predicted octanol–water partition coefficient (Wildman–Crippen LogP) is 2.57. The van der Waals surface area contributed by atoms with Crippen LogP contribution in [0.2, 0.25) is 0 Å². The average Bonchev–Trinajstić information content (AvgIpc) is 2.48. The van der Waals surface area contributed by atoms with Crippen molar-refractivity contribution < 1.29 is 14.3 Å². The first-order chi connectivity index (χ1) is 9.53. The second-order valence-electron chi connectivity index (χ2n) is 4.03. The summed E-state index contributed by atoms with van der Waals surface area (Å²) in [6.45, 7) is 1.91. The van der Waals surface area contributed by atoms with Gasteiger partial charge in [-0.05, 0) is 12.5 Å². The Bertz CT molecular complexity index is 513. The van der Waals surface area contributed by atoms with Crippen LogP contribution in [-0.4, -0.2) is 35.2 Å². The van der Waals surface area contributed by atoms with E-state index in [0.717, 1.165) is 17.3 Å². The van der Waals surface area contributed by atoms with Crippen LogP contribution in [-0.2, 0) is 14.3 Å². The molecule has 0 saturated heterocycles. The van der Waals surface area contributed by atoms with Crippen molar-refractivity contribution in [3.63, 3.8) is 0 Å². The second kappa shape index (κ2) is 8.00. The van der Waals surface area contributed by atoms with Gasteiger partial charge in [0, 0.05) is 7.11 Å². The smallest absolute Gasteiger partial charge is 0.337 e. The normalized spacial score (nSPS) is 13.1. The molecular formula is C14H15NO3S2. The standard InChI is InChI=1S/C14H15NO3S2/c1-14(10-15,13(16)18-9-8-17-2)20-12(19)11-6-4-3-5-7-11/h3-7H,8-9H2,1-2H3. The van der Waals surface area contributed by atoms with Crippen LogP contribution in [0.1, 0.15) is 12.5 Å². The van der Waals surface area contributed by atoms with Crippen molar-refractivity contribution in [1.29, 1.82) is 5.26 Å². The minimum atomic E-state index is -1.36. The molecule has 0 aromatic heterocycles. The summed E-state index contributed by atoms with van der Waals surface area (Å²) in [5.74, 6) is -0.611. The van der Waals surface area contributed by atoms with E-state index in [1.807, 2.05) is 36.4 Å². The fraction of sp³-hybridized carbons (Fsp3) is 0.357. The lowest BCUT2D eigenvalue weighted by Crippen LogP contribution is -2.34. The molecule has 106 valence electrons. The van der Waals surface area contributed by atoms with E-state index in [1.165, 1.54) is 14.0 Å². The van der Waals surface area contributed by atoms with Crippen LogP contribution in [0, 0.1) is 11.3 Å². The quantitative estimate of drug-likeness (QED) is 0.457. The first-order valence-electron chi connectivity index (χ1n) is 5.89. The summed E-state index contributed by atoms with van der Waals surface area (Å²) >= 11 is 6.29. The van der Waals surface area contributed by atoms with Gasteiger partial charge in [0.05, 0.1) is 16.9 Å². The number of benzene rings is 1. The lowest BCUT2D eigenvalue weighted by atomic mass is 10.2. The zero-order valence-electron chi connectivity index (χ0n) is 11.3. The number of rotatable bonds is 6. The fourth-order valence-electron chi connectivity index (χ4n) is 1.28. The molecule has 0 saturated carbocycles. The van der Waals surface area contributed by atoms with Gasteiger partial charge in [-0.15, -0.1) is 0 Å². The van der Waals surface area contributed by atoms with Crippen molar-refractivity contribution in [3.8, 4) is 6.07 Å². The van der Waals surface area contributed by atoms with Crippen LogP contribution in [0.4, 0.5) is 0 Å². The van der Waals surface area contributed by atoms with Gasteiger partial charge in [0.2, 0.25) is 4.75 Å². The molecule has 6 heteroatoms. The van der Waals surface area contributed by atoms with Crippen LogP contribution in [0.5, 0.6) is 0 Å². The van der Waals surface area contributed by atoms with Crippen LogP contribution >= 0.6 is 24.0 Å². The molecule has 0 N–H and O–H groups in total. The second-order valence-corrected chi connectivity index (χ2v) is 6.12. The number of thiocarbonyl (C=S) groups is 1. The van der Waals surface area contributed by atoms with Gasteiger partial charge in [0.25, 0.3) is 0 Å². The van der Waals surface area contributed by atoms with Gasteiger partial charge in [-0.1, -0.05) is 54.3 Å². The molecule has 0 aliphatic rings. The van der Waals surface area contributed by atoms with Crippen molar-refractivity contribution >= 4 is 34.1 Å². The van der Waals surface area contributed by atoms with Gasteiger partial charge >= 0.3 is 5.97 Å². The number of nitrogens with zero attached hydrogens (tertiary/aromatic N) is 1. The maximum Gasteiger partial charge on any atom is 0.337 e. The topological polar surface area (TPSA) is 59.3 Å². The van der Waals surface area contributed by atoms with Gasteiger partial charge in [-0.2, -0.15) is 5.26 Å². The predicted molar refractivity (Wildman–Crippen MR) is 82.6 cm³/mol. The highest BCUT2D eigenvalue weighted by Crippen LogP contribution is 2.30. The van der Waals surface area contributed by atoms with Gasteiger partial charge in [-0.25, -0.2) is 4.79 Å². The van der Waals surface area contributed by atoms with Crippen LogP contribution in [0.25, 0.3) is 0 Å². The third-order valence-corrected chi connectivity index (χ3v) is 4.00. The van der Waals surface area contributed by atoms with E-state index in [2.05, 4.69) is 0 Å². The Balaban J connectivity index is 2.72. The summed E-state index contributed by atoms with van der Waals surface area (Å²) in [6.07, 6.45) is 0. The van der Waals surface area contributed by atoms with E-state index in [1.54, 1.807) is 0 Å². The minimum absolute atomic E-state index is 0.116. The Morgan fingerprint density at radius 2 is 2.05 bits per heavy atom. The molecule has 0 fully saturated rings. The summed E-state index contributed by atoms with van der Waals surface area (Å²) in [6, 6.07) is 11.2. The highest BCUT2D eigenvalue weighted by Gasteiger charge is 2.37. The van der Waals surface area contributed by atoms with Gasteiger partial charge in [0.1, 0.15) is 6.61 Å². The van der Waals surface area contributed by atoms with Crippen molar-refractivity contribution in [2.24, 2.45) is 0 Å². The Morgan fingerprint density at radius 1 is 1.40 bits per heavy atom. The molecule has 1 aromatic rings. The van der Waals surface area contributed by atoms with E-state index in [9.17, 15) is 10.1 Å². The number of thioether (sulfide) groups is 1. The molecule has 0 amide bonds. The van der Waals surface area contributed by atoms with E-state index in [-0.39, 0.29) is 6.61 Å². The molecule has 0 aliphatic carbocycles. The molecule has 1 rings (SSSR count). The van der Waals surface area contributed by atoms with Gasteiger partial charge < -0.3 is 9.47 Å². The zero-order chi connectivity index (χ0) is 15.0. The van der Waals surface area contributed by atoms with E-state index in [4.69, 9.17) is 21.7 Å². The highest BCUT2D eigenvalue weighted by atomic mass is 32.2. The number of methoxy groups -OCH3 is 1. The Morgan fingerprint density at radius 3 is 2.60 bits per heavy atom. The molecule has 0 heterocycles. The first kappa shape index (κ1) is 16.6. The average molecular weight is 309 g/mol. The maximum atomic E-state index is 12.0. The molecule has 20 heavy (non-hydrogen) atoms. The molecular weight excluding hydrogens is 294 g/mol. The minimum Gasteiger partial charge on any atom is -0.461 e. The van der Waals surface area contributed by atoms with Gasteiger partial charge in [0.15, 0.2) is 0 Å². The summed E-state index contributed by atoms with van der Waals surface area (Å²) in [5.41, 5.74) is 0.804. The van der Waals surface area contributed by atoms with Crippen molar-refractivity contribution in [2.75, 3.05) is 20.3 Å². The molecule has 0 aliphatic heterocycles. The summed E-state index contributed by atoms with van der Waals surface area (Å²) in [5, 5.41) is 9.25. The molecule has 0 spiro atoms. The van der Waals surface area contributed by atoms with E-state index >= 15 is 0 Å². The summed E-state index contributed by atoms with van der Waals surface area (Å²) in [7, 11) is 1.51. The van der Waals surface area contributed by atoms with Crippen LogP contribution in [0.15, 0.2) is 30.3 Å². The Labute approximate surface area is 128 Å². The highest BCUT2D eigenvalue weighted by molar-refractivity contribution is 8.25. The van der Waals surface area contributed by atoms with E-state index in [0.29, 0.717) is 10.8 Å².